The van der Waals surface area contributed by atoms with Gasteiger partial charge in [0.1, 0.15) is 17.1 Å². The van der Waals surface area contributed by atoms with E-state index >= 15 is 0 Å². The zero-order valence-corrected chi connectivity index (χ0v) is 15.8. The highest BCUT2D eigenvalue weighted by molar-refractivity contribution is 7.98. The Balaban J connectivity index is 1.61. The number of hydrogen-bond acceptors (Lipinski definition) is 7. The van der Waals surface area contributed by atoms with Crippen molar-refractivity contribution in [2.24, 2.45) is 0 Å². The standard InChI is InChI=1S/C17H20N4O2S2/c1-3-23-15-6-4-13(5-7-15)16-19-14(10-24-16)11-25-17-20-18-12-21(17)8-9-22-2/h4-7,10,12H,3,8-9,11H2,1-2H3. The first-order valence-electron chi connectivity index (χ1n) is 7.97. The minimum absolute atomic E-state index is 0.643. The molecule has 0 radical (unpaired) electrons. The van der Waals surface area contributed by atoms with E-state index in [1.807, 2.05) is 35.8 Å². The molecule has 0 fully saturated rings. The maximum atomic E-state index is 5.48. The van der Waals surface area contributed by atoms with Crippen LogP contribution >= 0.6 is 23.1 Å². The Morgan fingerprint density at radius 3 is 2.84 bits per heavy atom. The number of hydrogen-bond donors (Lipinski definition) is 0. The summed E-state index contributed by atoms with van der Waals surface area (Å²) in [5.41, 5.74) is 2.15. The minimum atomic E-state index is 0.643. The fourth-order valence-electron chi connectivity index (χ4n) is 2.20. The van der Waals surface area contributed by atoms with Crippen LogP contribution < -0.4 is 4.74 Å². The van der Waals surface area contributed by atoms with Crippen molar-refractivity contribution in [3.05, 3.63) is 41.7 Å². The number of rotatable bonds is 9. The first-order valence-corrected chi connectivity index (χ1v) is 9.84. The van der Waals surface area contributed by atoms with Crippen LogP contribution in [0.4, 0.5) is 0 Å². The summed E-state index contributed by atoms with van der Waals surface area (Å²) in [5.74, 6) is 1.65. The van der Waals surface area contributed by atoms with E-state index in [0.717, 1.165) is 39.5 Å². The summed E-state index contributed by atoms with van der Waals surface area (Å²) in [6, 6.07) is 8.05. The summed E-state index contributed by atoms with van der Waals surface area (Å²) < 4.78 is 12.6. The molecule has 1 aromatic carbocycles. The van der Waals surface area contributed by atoms with Gasteiger partial charge in [0.2, 0.25) is 0 Å². The number of aromatic nitrogens is 4. The van der Waals surface area contributed by atoms with Gasteiger partial charge in [-0.3, -0.25) is 0 Å². The van der Waals surface area contributed by atoms with Crippen LogP contribution in [-0.2, 0) is 17.0 Å². The fraction of sp³-hybridized carbons (Fsp3) is 0.353. The van der Waals surface area contributed by atoms with Gasteiger partial charge in [-0.15, -0.1) is 21.5 Å². The zero-order chi connectivity index (χ0) is 17.5. The van der Waals surface area contributed by atoms with Gasteiger partial charge in [0.15, 0.2) is 5.16 Å². The van der Waals surface area contributed by atoms with Crippen molar-refractivity contribution in [2.75, 3.05) is 20.3 Å². The fourth-order valence-corrected chi connectivity index (χ4v) is 3.97. The zero-order valence-electron chi connectivity index (χ0n) is 14.2. The third-order valence-electron chi connectivity index (χ3n) is 3.43. The summed E-state index contributed by atoms with van der Waals surface area (Å²) in [4.78, 5) is 4.72. The van der Waals surface area contributed by atoms with Crippen LogP contribution in [0, 0.1) is 0 Å². The first kappa shape index (κ1) is 17.9. The van der Waals surface area contributed by atoms with Gasteiger partial charge in [0.05, 0.1) is 18.9 Å². The number of benzene rings is 1. The second kappa shape index (κ2) is 8.98. The molecule has 0 unspecified atom stereocenters. The van der Waals surface area contributed by atoms with Gasteiger partial charge in [0.25, 0.3) is 0 Å². The van der Waals surface area contributed by atoms with E-state index in [9.17, 15) is 0 Å². The van der Waals surface area contributed by atoms with Crippen molar-refractivity contribution in [3.63, 3.8) is 0 Å². The van der Waals surface area contributed by atoms with Crippen LogP contribution in [0.15, 0.2) is 41.1 Å². The lowest BCUT2D eigenvalue weighted by molar-refractivity contribution is 0.184. The van der Waals surface area contributed by atoms with Crippen molar-refractivity contribution >= 4 is 23.1 Å². The van der Waals surface area contributed by atoms with E-state index in [1.54, 1.807) is 36.5 Å². The number of ether oxygens (including phenoxy) is 2. The third kappa shape index (κ3) is 4.81. The van der Waals surface area contributed by atoms with Crippen molar-refractivity contribution < 1.29 is 9.47 Å². The maximum absolute atomic E-state index is 5.48. The Labute approximate surface area is 155 Å². The lowest BCUT2D eigenvalue weighted by atomic mass is 10.2. The van der Waals surface area contributed by atoms with Crippen LogP contribution in [0.5, 0.6) is 5.75 Å². The summed E-state index contributed by atoms with van der Waals surface area (Å²) in [7, 11) is 1.69. The van der Waals surface area contributed by atoms with E-state index in [2.05, 4.69) is 15.6 Å². The highest BCUT2D eigenvalue weighted by Gasteiger charge is 2.09. The topological polar surface area (TPSA) is 62.1 Å². The normalized spacial score (nSPS) is 11.0. The van der Waals surface area contributed by atoms with Crippen LogP contribution in [0.25, 0.3) is 10.6 Å². The average molecular weight is 377 g/mol. The Morgan fingerprint density at radius 1 is 1.24 bits per heavy atom. The van der Waals surface area contributed by atoms with Gasteiger partial charge in [-0.2, -0.15) is 0 Å². The highest BCUT2D eigenvalue weighted by Crippen LogP contribution is 2.28. The van der Waals surface area contributed by atoms with Crippen molar-refractivity contribution in [3.8, 4) is 16.3 Å². The van der Waals surface area contributed by atoms with E-state index < -0.39 is 0 Å². The Hall–Kier alpha value is -1.90. The quantitative estimate of drug-likeness (QED) is 0.530. The molecule has 0 aliphatic rings. The molecule has 0 amide bonds. The molecule has 0 N–H and O–H groups in total. The molecular formula is C17H20N4O2S2. The van der Waals surface area contributed by atoms with Crippen molar-refractivity contribution in [2.45, 2.75) is 24.4 Å². The molecule has 0 aliphatic heterocycles. The predicted octanol–water partition coefficient (Wildman–Crippen LogP) is 3.74. The van der Waals surface area contributed by atoms with Gasteiger partial charge < -0.3 is 14.0 Å². The van der Waals surface area contributed by atoms with Crippen LogP contribution in [0.1, 0.15) is 12.6 Å². The molecule has 0 saturated carbocycles. The Bertz CT molecular complexity index is 786. The molecule has 6 nitrogen and oxygen atoms in total. The minimum Gasteiger partial charge on any atom is -0.494 e. The molecule has 2 heterocycles. The number of thiazole rings is 1. The molecule has 0 saturated heterocycles. The largest absolute Gasteiger partial charge is 0.494 e. The van der Waals surface area contributed by atoms with Gasteiger partial charge >= 0.3 is 0 Å². The molecule has 0 spiro atoms. The molecule has 132 valence electrons. The van der Waals surface area contributed by atoms with E-state index in [1.165, 1.54) is 0 Å². The molecular weight excluding hydrogens is 356 g/mol. The summed E-state index contributed by atoms with van der Waals surface area (Å²) in [6.45, 7) is 4.05. The molecule has 2 aromatic heterocycles. The summed E-state index contributed by atoms with van der Waals surface area (Å²) in [5, 5.41) is 12.1. The van der Waals surface area contributed by atoms with Gasteiger partial charge in [-0.05, 0) is 31.2 Å². The van der Waals surface area contributed by atoms with E-state index in [4.69, 9.17) is 14.5 Å². The smallest absolute Gasteiger partial charge is 0.191 e. The number of methoxy groups -OCH3 is 1. The lowest BCUT2D eigenvalue weighted by Crippen LogP contribution is -2.04. The molecule has 0 atom stereocenters. The third-order valence-corrected chi connectivity index (χ3v) is 5.38. The van der Waals surface area contributed by atoms with Crippen LogP contribution in [0.3, 0.4) is 0 Å². The SMILES string of the molecule is CCOc1ccc(-c2nc(CSc3nncn3CCOC)cs2)cc1. The lowest BCUT2D eigenvalue weighted by Gasteiger charge is -2.04. The molecule has 0 bridgehead atoms. The molecule has 0 aliphatic carbocycles. The van der Waals surface area contributed by atoms with Crippen molar-refractivity contribution in [1.29, 1.82) is 0 Å². The second-order valence-electron chi connectivity index (χ2n) is 5.19. The summed E-state index contributed by atoms with van der Waals surface area (Å²) in [6.07, 6.45) is 1.73. The number of nitrogens with zero attached hydrogens (tertiary/aromatic N) is 4. The molecule has 3 aromatic rings. The molecule has 3 rings (SSSR count). The monoisotopic (exact) mass is 376 g/mol. The van der Waals surface area contributed by atoms with E-state index in [-0.39, 0.29) is 0 Å². The Morgan fingerprint density at radius 2 is 2.08 bits per heavy atom. The Kier molecular flexibility index (Phi) is 6.43. The average Bonchev–Trinajstić information content (AvgIpc) is 3.28. The van der Waals surface area contributed by atoms with Gasteiger partial charge in [0, 0.05) is 30.4 Å². The molecule has 8 heteroatoms. The number of thioether (sulfide) groups is 1. The predicted molar refractivity (Wildman–Crippen MR) is 100 cm³/mol. The molecule has 25 heavy (non-hydrogen) atoms. The second-order valence-corrected chi connectivity index (χ2v) is 6.99. The first-order chi connectivity index (χ1) is 12.3. The van der Waals surface area contributed by atoms with Crippen LogP contribution in [0.2, 0.25) is 0 Å². The summed E-state index contributed by atoms with van der Waals surface area (Å²) >= 11 is 3.28. The van der Waals surface area contributed by atoms with Crippen molar-refractivity contribution in [1.82, 2.24) is 19.7 Å². The highest BCUT2D eigenvalue weighted by atomic mass is 32.2. The van der Waals surface area contributed by atoms with Crippen LogP contribution in [-0.4, -0.2) is 40.1 Å². The van der Waals surface area contributed by atoms with Gasteiger partial charge in [-0.25, -0.2) is 4.98 Å². The maximum Gasteiger partial charge on any atom is 0.191 e. The van der Waals surface area contributed by atoms with Gasteiger partial charge in [-0.1, -0.05) is 11.8 Å². The van der Waals surface area contributed by atoms with E-state index in [0.29, 0.717) is 13.2 Å².